The summed E-state index contributed by atoms with van der Waals surface area (Å²) in [6.45, 7) is 3.56. The van der Waals surface area contributed by atoms with Crippen molar-refractivity contribution in [3.05, 3.63) is 83.4 Å². The Labute approximate surface area is 193 Å². The Hall–Kier alpha value is -3.52. The van der Waals surface area contributed by atoms with E-state index in [0.29, 0.717) is 42.5 Å². The number of nitrogens with one attached hydrogen (secondary N) is 2. The smallest absolute Gasteiger partial charge is 0.262 e. The number of benzene rings is 3. The van der Waals surface area contributed by atoms with Crippen LogP contribution in [0.4, 0.5) is 5.69 Å². The summed E-state index contributed by atoms with van der Waals surface area (Å²) in [5, 5.41) is 2.90. The first-order valence-corrected chi connectivity index (χ1v) is 12.3. The lowest BCUT2D eigenvalue weighted by Gasteiger charge is -2.12. The maximum Gasteiger partial charge on any atom is 0.262 e. The van der Waals surface area contributed by atoms with Crippen LogP contribution in [0, 0.1) is 6.92 Å². The van der Waals surface area contributed by atoms with Crippen molar-refractivity contribution in [2.45, 2.75) is 24.7 Å². The van der Waals surface area contributed by atoms with Crippen LogP contribution in [0.25, 0.3) is 0 Å². The molecule has 0 aromatic heterocycles. The van der Waals surface area contributed by atoms with Crippen LogP contribution in [0.5, 0.6) is 11.5 Å². The summed E-state index contributed by atoms with van der Waals surface area (Å²) in [7, 11) is -3.83. The third-order valence-electron chi connectivity index (χ3n) is 5.37. The molecule has 0 spiro atoms. The van der Waals surface area contributed by atoms with Gasteiger partial charge in [0.1, 0.15) is 0 Å². The third-order valence-corrected chi connectivity index (χ3v) is 6.75. The standard InChI is InChI=1S/C25H26N2O5S/c1-18-5-2-3-6-19(18)13-14-26-25(28)20-7-9-21(10-8-20)27-33(29,30)22-11-12-23-24(17-22)32-16-4-15-31-23/h2-3,5-12,17,27H,4,13-16H2,1H3,(H,26,28). The van der Waals surface area contributed by atoms with Crippen LogP contribution in [-0.2, 0) is 16.4 Å². The fourth-order valence-corrected chi connectivity index (χ4v) is 4.59. The summed E-state index contributed by atoms with van der Waals surface area (Å²) in [5.74, 6) is 0.734. The second-order valence-corrected chi connectivity index (χ2v) is 9.46. The molecule has 0 bridgehead atoms. The number of carbonyl (C=O) groups excluding carboxylic acids is 1. The molecule has 4 rings (SSSR count). The Morgan fingerprint density at radius 2 is 1.67 bits per heavy atom. The van der Waals surface area contributed by atoms with E-state index < -0.39 is 10.0 Å². The zero-order valence-corrected chi connectivity index (χ0v) is 19.2. The number of rotatable bonds is 7. The molecule has 33 heavy (non-hydrogen) atoms. The molecule has 3 aromatic carbocycles. The van der Waals surface area contributed by atoms with Gasteiger partial charge in [-0.3, -0.25) is 9.52 Å². The molecule has 3 aromatic rings. The molecule has 1 aliphatic rings. The molecule has 0 saturated carbocycles. The lowest BCUT2D eigenvalue weighted by Crippen LogP contribution is -2.25. The predicted octanol–water partition coefficient (Wildman–Crippen LogP) is 3.93. The largest absolute Gasteiger partial charge is 0.490 e. The van der Waals surface area contributed by atoms with Crippen LogP contribution in [0.2, 0.25) is 0 Å². The van der Waals surface area contributed by atoms with Crippen LogP contribution in [0.15, 0.2) is 71.6 Å². The molecule has 0 atom stereocenters. The normalized spacial score (nSPS) is 13.1. The van der Waals surface area contributed by atoms with Crippen molar-refractivity contribution in [3.63, 3.8) is 0 Å². The van der Waals surface area contributed by atoms with Crippen molar-refractivity contribution in [3.8, 4) is 11.5 Å². The molecule has 8 heteroatoms. The molecule has 0 saturated heterocycles. The summed E-state index contributed by atoms with van der Waals surface area (Å²) in [6, 6.07) is 18.9. The second-order valence-electron chi connectivity index (χ2n) is 7.77. The summed E-state index contributed by atoms with van der Waals surface area (Å²) in [6.07, 6.45) is 1.48. The number of fused-ring (bicyclic) bond motifs is 1. The van der Waals surface area contributed by atoms with E-state index in [2.05, 4.69) is 10.0 Å². The summed E-state index contributed by atoms with van der Waals surface area (Å²) >= 11 is 0. The van der Waals surface area contributed by atoms with Gasteiger partial charge < -0.3 is 14.8 Å². The molecule has 1 heterocycles. The van der Waals surface area contributed by atoms with Crippen molar-refractivity contribution in [2.75, 3.05) is 24.5 Å². The Bertz CT molecular complexity index is 1240. The number of anilines is 1. The molecule has 0 aliphatic carbocycles. The minimum Gasteiger partial charge on any atom is -0.490 e. The Morgan fingerprint density at radius 3 is 2.42 bits per heavy atom. The van der Waals surface area contributed by atoms with Gasteiger partial charge in [0.2, 0.25) is 0 Å². The zero-order chi connectivity index (χ0) is 23.3. The number of carbonyl (C=O) groups is 1. The highest BCUT2D eigenvalue weighted by Crippen LogP contribution is 2.32. The maximum absolute atomic E-state index is 12.8. The monoisotopic (exact) mass is 466 g/mol. The van der Waals surface area contributed by atoms with Crippen molar-refractivity contribution < 1.29 is 22.7 Å². The van der Waals surface area contributed by atoms with Crippen LogP contribution >= 0.6 is 0 Å². The first-order valence-electron chi connectivity index (χ1n) is 10.8. The van der Waals surface area contributed by atoms with E-state index in [9.17, 15) is 13.2 Å². The SMILES string of the molecule is Cc1ccccc1CCNC(=O)c1ccc(NS(=O)(=O)c2ccc3c(c2)OCCCO3)cc1. The summed E-state index contributed by atoms with van der Waals surface area (Å²) < 4.78 is 39.3. The van der Waals surface area contributed by atoms with Crippen LogP contribution in [0.1, 0.15) is 27.9 Å². The van der Waals surface area contributed by atoms with Crippen LogP contribution in [-0.4, -0.2) is 34.1 Å². The molecule has 172 valence electrons. The number of hydrogen-bond acceptors (Lipinski definition) is 5. The van der Waals surface area contributed by atoms with Gasteiger partial charge in [0.05, 0.1) is 18.1 Å². The first-order chi connectivity index (χ1) is 15.9. The predicted molar refractivity (Wildman–Crippen MR) is 127 cm³/mol. The summed E-state index contributed by atoms with van der Waals surface area (Å²) in [4.78, 5) is 12.5. The topological polar surface area (TPSA) is 93.7 Å². The number of aryl methyl sites for hydroxylation is 1. The highest BCUT2D eigenvalue weighted by molar-refractivity contribution is 7.92. The van der Waals surface area contributed by atoms with E-state index in [1.807, 2.05) is 31.2 Å². The average molecular weight is 467 g/mol. The number of sulfonamides is 1. The molecule has 2 N–H and O–H groups in total. The summed E-state index contributed by atoms with van der Waals surface area (Å²) in [5.41, 5.74) is 3.20. The van der Waals surface area contributed by atoms with Gasteiger partial charge in [-0.15, -0.1) is 0 Å². The van der Waals surface area contributed by atoms with Crippen LogP contribution in [0.3, 0.4) is 0 Å². The van der Waals surface area contributed by atoms with Crippen molar-refractivity contribution in [1.82, 2.24) is 5.32 Å². The van der Waals surface area contributed by atoms with E-state index in [1.165, 1.54) is 23.3 Å². The average Bonchev–Trinajstić information content (AvgIpc) is 3.05. The minimum absolute atomic E-state index is 0.0739. The van der Waals surface area contributed by atoms with Crippen molar-refractivity contribution in [2.24, 2.45) is 0 Å². The van der Waals surface area contributed by atoms with E-state index in [-0.39, 0.29) is 10.8 Å². The molecule has 1 amide bonds. The molecular formula is C25H26N2O5S. The lowest BCUT2D eigenvalue weighted by molar-refractivity contribution is 0.0954. The number of ether oxygens (including phenoxy) is 2. The van der Waals surface area contributed by atoms with E-state index >= 15 is 0 Å². The van der Waals surface area contributed by atoms with Gasteiger partial charge in [0.25, 0.3) is 15.9 Å². The van der Waals surface area contributed by atoms with Gasteiger partial charge in [-0.2, -0.15) is 0 Å². The van der Waals surface area contributed by atoms with E-state index in [1.54, 1.807) is 30.3 Å². The lowest BCUT2D eigenvalue weighted by atomic mass is 10.1. The third kappa shape index (κ3) is 5.64. The highest BCUT2D eigenvalue weighted by Gasteiger charge is 2.19. The fraction of sp³-hybridized carbons (Fsp3) is 0.240. The van der Waals surface area contributed by atoms with Gasteiger partial charge in [-0.1, -0.05) is 24.3 Å². The van der Waals surface area contributed by atoms with Gasteiger partial charge >= 0.3 is 0 Å². The van der Waals surface area contributed by atoms with E-state index in [4.69, 9.17) is 9.47 Å². The van der Waals surface area contributed by atoms with Crippen molar-refractivity contribution in [1.29, 1.82) is 0 Å². The van der Waals surface area contributed by atoms with Gasteiger partial charge in [-0.25, -0.2) is 8.42 Å². The molecule has 0 unspecified atom stereocenters. The molecule has 0 radical (unpaired) electrons. The van der Waals surface area contributed by atoms with Gasteiger partial charge in [0.15, 0.2) is 11.5 Å². The second kappa shape index (κ2) is 9.95. The maximum atomic E-state index is 12.8. The Balaban J connectivity index is 1.37. The zero-order valence-electron chi connectivity index (χ0n) is 18.3. The molecular weight excluding hydrogens is 440 g/mol. The quantitative estimate of drug-likeness (QED) is 0.550. The molecule has 0 fully saturated rings. The Kier molecular flexibility index (Phi) is 6.84. The molecule has 1 aliphatic heterocycles. The highest BCUT2D eigenvalue weighted by atomic mass is 32.2. The number of hydrogen-bond donors (Lipinski definition) is 2. The number of amides is 1. The fourth-order valence-electron chi connectivity index (χ4n) is 3.52. The van der Waals surface area contributed by atoms with Gasteiger partial charge in [0, 0.05) is 30.3 Å². The molecule has 7 nitrogen and oxygen atoms in total. The van der Waals surface area contributed by atoms with Crippen LogP contribution < -0.4 is 19.5 Å². The van der Waals surface area contributed by atoms with Gasteiger partial charge in [-0.05, 0) is 60.9 Å². The first kappa shape index (κ1) is 22.7. The van der Waals surface area contributed by atoms with Crippen molar-refractivity contribution >= 4 is 21.6 Å². The van der Waals surface area contributed by atoms with E-state index in [0.717, 1.165) is 12.8 Å². The Morgan fingerprint density at radius 1 is 0.939 bits per heavy atom. The minimum atomic E-state index is -3.83.